The van der Waals surface area contributed by atoms with Gasteiger partial charge in [0.2, 0.25) is 0 Å². The molecule has 1 saturated heterocycles. The van der Waals surface area contributed by atoms with Gasteiger partial charge in [0.25, 0.3) is 0 Å². The Labute approximate surface area is 78.4 Å². The molecule has 72 valence electrons. The largest absolute Gasteiger partial charge is 0.461 e. The predicted molar refractivity (Wildman–Crippen MR) is 49.0 cm³/mol. The molecule has 13 heavy (non-hydrogen) atoms. The summed E-state index contributed by atoms with van der Waals surface area (Å²) in [5.74, 6) is 0.488. The molecule has 0 N–H and O–H groups in total. The van der Waals surface area contributed by atoms with Crippen LogP contribution >= 0.6 is 0 Å². The van der Waals surface area contributed by atoms with Crippen molar-refractivity contribution in [3.63, 3.8) is 0 Å². The molecule has 0 atom stereocenters. The van der Waals surface area contributed by atoms with Gasteiger partial charge in [0.1, 0.15) is 6.61 Å². The van der Waals surface area contributed by atoms with Gasteiger partial charge in [0, 0.05) is 26.2 Å². The fourth-order valence-electron chi connectivity index (χ4n) is 2.08. The van der Waals surface area contributed by atoms with Crippen LogP contribution in [0.4, 0.5) is 0 Å². The smallest absolute Gasteiger partial charge is 0.302 e. The molecule has 0 spiro atoms. The Morgan fingerprint density at radius 1 is 1.62 bits per heavy atom. The fourth-order valence-corrected chi connectivity index (χ4v) is 2.08. The third-order valence-electron chi connectivity index (χ3n) is 2.84. The first-order valence-electron chi connectivity index (χ1n) is 4.83. The molecule has 0 radical (unpaired) electrons. The molecule has 0 saturated carbocycles. The van der Waals surface area contributed by atoms with E-state index < -0.39 is 0 Å². The number of hydrogen-bond acceptors (Lipinski definition) is 3. The van der Waals surface area contributed by atoms with Crippen LogP contribution in [0.1, 0.15) is 19.8 Å². The van der Waals surface area contributed by atoms with Crippen molar-refractivity contribution in [3.8, 4) is 0 Å². The highest BCUT2D eigenvalue weighted by Crippen LogP contribution is 2.30. The van der Waals surface area contributed by atoms with Gasteiger partial charge < -0.3 is 9.64 Å². The van der Waals surface area contributed by atoms with Gasteiger partial charge in [-0.15, -0.1) is 0 Å². The zero-order valence-electron chi connectivity index (χ0n) is 7.95. The molecule has 3 nitrogen and oxygen atoms in total. The first-order chi connectivity index (χ1) is 6.25. The maximum absolute atomic E-state index is 10.6. The summed E-state index contributed by atoms with van der Waals surface area (Å²) in [5.41, 5.74) is 1.30. The van der Waals surface area contributed by atoms with Crippen molar-refractivity contribution >= 4 is 5.97 Å². The van der Waals surface area contributed by atoms with E-state index >= 15 is 0 Å². The first-order valence-corrected chi connectivity index (χ1v) is 4.83. The minimum absolute atomic E-state index is 0.183. The molecule has 3 rings (SSSR count). The molecule has 3 aliphatic rings. The minimum atomic E-state index is -0.183. The average Bonchev–Trinajstić information content (AvgIpc) is 2.17. The Morgan fingerprint density at radius 3 is 2.77 bits per heavy atom. The van der Waals surface area contributed by atoms with Gasteiger partial charge in [-0.05, 0) is 24.3 Å². The number of fused-ring (bicyclic) bond motifs is 2. The fraction of sp³-hybridized carbons (Fsp3) is 0.700. The van der Waals surface area contributed by atoms with Crippen LogP contribution in [0.5, 0.6) is 0 Å². The molecule has 1 fully saturated rings. The number of piperidine rings is 1. The van der Waals surface area contributed by atoms with Crippen molar-refractivity contribution in [1.29, 1.82) is 0 Å². The van der Waals surface area contributed by atoms with E-state index in [2.05, 4.69) is 11.1 Å². The van der Waals surface area contributed by atoms with Crippen molar-refractivity contribution in [2.75, 3.05) is 19.7 Å². The molecule has 0 aromatic rings. The Morgan fingerprint density at radius 2 is 2.31 bits per heavy atom. The normalized spacial score (nSPS) is 21.6. The Hall–Kier alpha value is -0.990. The van der Waals surface area contributed by atoms with Crippen LogP contribution in [0.25, 0.3) is 0 Å². The second-order valence-electron chi connectivity index (χ2n) is 3.79. The van der Waals surface area contributed by atoms with Crippen LogP contribution < -0.4 is 0 Å². The minimum Gasteiger partial charge on any atom is -0.461 e. The van der Waals surface area contributed by atoms with Gasteiger partial charge in [-0.25, -0.2) is 0 Å². The summed E-state index contributed by atoms with van der Waals surface area (Å²) in [6.45, 7) is 4.31. The Kier molecular flexibility index (Phi) is 2.25. The van der Waals surface area contributed by atoms with Gasteiger partial charge in [-0.3, -0.25) is 4.79 Å². The molecule has 3 heteroatoms. The van der Waals surface area contributed by atoms with E-state index in [1.807, 2.05) is 0 Å². The van der Waals surface area contributed by atoms with E-state index in [9.17, 15) is 4.79 Å². The molecule has 0 unspecified atom stereocenters. The monoisotopic (exact) mass is 181 g/mol. The van der Waals surface area contributed by atoms with E-state index in [1.165, 1.54) is 38.4 Å². The molecular weight excluding hydrogens is 166 g/mol. The highest BCUT2D eigenvalue weighted by atomic mass is 16.5. The van der Waals surface area contributed by atoms with Crippen LogP contribution in [-0.4, -0.2) is 30.6 Å². The van der Waals surface area contributed by atoms with E-state index in [-0.39, 0.29) is 5.97 Å². The number of hydrogen-bond donors (Lipinski definition) is 0. The summed E-state index contributed by atoms with van der Waals surface area (Å²) in [5, 5.41) is 0. The second-order valence-corrected chi connectivity index (χ2v) is 3.79. The third-order valence-corrected chi connectivity index (χ3v) is 2.84. The molecule has 3 aliphatic heterocycles. The maximum Gasteiger partial charge on any atom is 0.302 e. The van der Waals surface area contributed by atoms with Gasteiger partial charge in [-0.1, -0.05) is 0 Å². The topological polar surface area (TPSA) is 29.5 Å². The number of carbonyl (C=O) groups excluding carboxylic acids is 1. The molecule has 0 aromatic carbocycles. The number of rotatable bonds is 2. The standard InChI is InChI=1S/C10H15NO2/c1-8(12)13-7-10-6-11-4-2-9(10)3-5-11/h6,9H,2-5,7H2,1H3. The highest BCUT2D eigenvalue weighted by Gasteiger charge is 2.26. The number of esters is 1. The molecule has 3 heterocycles. The second kappa shape index (κ2) is 3.40. The first kappa shape index (κ1) is 8.60. The summed E-state index contributed by atoms with van der Waals surface area (Å²) in [4.78, 5) is 12.9. The van der Waals surface area contributed by atoms with Crippen LogP contribution in [0.3, 0.4) is 0 Å². The molecule has 2 bridgehead atoms. The quantitative estimate of drug-likeness (QED) is 0.599. The van der Waals surface area contributed by atoms with Crippen molar-refractivity contribution in [1.82, 2.24) is 4.90 Å². The lowest BCUT2D eigenvalue weighted by molar-refractivity contribution is -0.140. The van der Waals surface area contributed by atoms with E-state index in [1.54, 1.807) is 0 Å². The molecule has 0 amide bonds. The zero-order valence-corrected chi connectivity index (χ0v) is 7.95. The zero-order chi connectivity index (χ0) is 9.26. The van der Waals surface area contributed by atoms with E-state index in [4.69, 9.17) is 4.74 Å². The van der Waals surface area contributed by atoms with E-state index in [0.717, 1.165) is 0 Å². The van der Waals surface area contributed by atoms with Gasteiger partial charge in [-0.2, -0.15) is 0 Å². The SMILES string of the molecule is CC(=O)OCC1=CN2CCC1CC2. The van der Waals surface area contributed by atoms with Crippen LogP contribution in [-0.2, 0) is 9.53 Å². The van der Waals surface area contributed by atoms with Crippen LogP contribution in [0.2, 0.25) is 0 Å². The number of carbonyl (C=O) groups is 1. The third kappa shape index (κ3) is 1.85. The summed E-state index contributed by atoms with van der Waals surface area (Å²) in [7, 11) is 0. The Balaban J connectivity index is 1.95. The summed E-state index contributed by atoms with van der Waals surface area (Å²) < 4.78 is 5.00. The summed E-state index contributed by atoms with van der Waals surface area (Å²) in [6.07, 6.45) is 4.63. The summed E-state index contributed by atoms with van der Waals surface area (Å²) >= 11 is 0. The lowest BCUT2D eigenvalue weighted by Crippen LogP contribution is -2.37. The average molecular weight is 181 g/mol. The Bertz CT molecular complexity index is 239. The van der Waals surface area contributed by atoms with Crippen LogP contribution in [0.15, 0.2) is 11.8 Å². The van der Waals surface area contributed by atoms with Crippen molar-refractivity contribution in [2.24, 2.45) is 5.92 Å². The predicted octanol–water partition coefficient (Wildman–Crippen LogP) is 1.16. The highest BCUT2D eigenvalue weighted by molar-refractivity contribution is 5.66. The number of ether oxygens (including phenoxy) is 1. The van der Waals surface area contributed by atoms with Crippen LogP contribution in [0, 0.1) is 5.92 Å². The summed E-state index contributed by atoms with van der Waals surface area (Å²) in [6, 6.07) is 0. The van der Waals surface area contributed by atoms with E-state index in [0.29, 0.717) is 12.5 Å². The molecule has 0 aliphatic carbocycles. The van der Waals surface area contributed by atoms with Crippen molar-refractivity contribution in [2.45, 2.75) is 19.8 Å². The number of nitrogens with zero attached hydrogens (tertiary/aromatic N) is 1. The lowest BCUT2D eigenvalue weighted by atomic mass is 9.86. The maximum atomic E-state index is 10.6. The lowest BCUT2D eigenvalue weighted by Gasteiger charge is -2.38. The van der Waals surface area contributed by atoms with Crippen molar-refractivity contribution in [3.05, 3.63) is 11.8 Å². The molecular formula is C10H15NO2. The van der Waals surface area contributed by atoms with Crippen molar-refractivity contribution < 1.29 is 9.53 Å². The van der Waals surface area contributed by atoms with Gasteiger partial charge in [0.15, 0.2) is 0 Å². The van der Waals surface area contributed by atoms with Gasteiger partial charge >= 0.3 is 5.97 Å². The van der Waals surface area contributed by atoms with Gasteiger partial charge in [0.05, 0.1) is 0 Å². The molecule has 0 aromatic heterocycles.